The molecule has 0 aliphatic heterocycles. The van der Waals surface area contributed by atoms with Crippen LogP contribution in [0.25, 0.3) is 0 Å². The molecular weight excluding hydrogens is 218 g/mol. The number of aromatic nitrogens is 2. The SMILES string of the molecule is COCCCCCNc1nc(NN)ncc1C. The Hall–Kier alpha value is -1.40. The highest BCUT2D eigenvalue weighted by Gasteiger charge is 2.01. The van der Waals surface area contributed by atoms with Gasteiger partial charge in [-0.1, -0.05) is 0 Å². The number of aryl methyl sites for hydroxylation is 1. The first-order valence-electron chi connectivity index (χ1n) is 5.81. The molecule has 96 valence electrons. The van der Waals surface area contributed by atoms with Crippen molar-refractivity contribution in [3.8, 4) is 0 Å². The Morgan fingerprint density at radius 3 is 2.88 bits per heavy atom. The van der Waals surface area contributed by atoms with Crippen LogP contribution in [0.15, 0.2) is 6.20 Å². The van der Waals surface area contributed by atoms with Gasteiger partial charge in [-0.25, -0.2) is 10.8 Å². The zero-order chi connectivity index (χ0) is 12.5. The average molecular weight is 239 g/mol. The summed E-state index contributed by atoms with van der Waals surface area (Å²) in [4.78, 5) is 8.26. The van der Waals surface area contributed by atoms with Gasteiger partial charge in [0.2, 0.25) is 5.95 Å². The molecule has 0 fully saturated rings. The number of ether oxygens (including phenoxy) is 1. The second-order valence-corrected chi connectivity index (χ2v) is 3.85. The van der Waals surface area contributed by atoms with E-state index in [0.717, 1.165) is 43.8 Å². The fourth-order valence-electron chi connectivity index (χ4n) is 1.45. The minimum atomic E-state index is 0.428. The van der Waals surface area contributed by atoms with Crippen LogP contribution in [0.3, 0.4) is 0 Å². The molecular formula is C11H21N5O. The lowest BCUT2D eigenvalue weighted by Gasteiger charge is -2.09. The van der Waals surface area contributed by atoms with Gasteiger partial charge in [0, 0.05) is 32.0 Å². The fraction of sp³-hybridized carbons (Fsp3) is 0.636. The van der Waals surface area contributed by atoms with E-state index in [2.05, 4.69) is 20.7 Å². The number of unbranched alkanes of at least 4 members (excludes halogenated alkanes) is 2. The second-order valence-electron chi connectivity index (χ2n) is 3.85. The Labute approximate surface area is 102 Å². The molecule has 0 saturated heterocycles. The fourth-order valence-corrected chi connectivity index (χ4v) is 1.45. The van der Waals surface area contributed by atoms with Crippen LogP contribution in [0, 0.1) is 6.92 Å². The summed E-state index contributed by atoms with van der Waals surface area (Å²) in [5, 5.41) is 3.28. The van der Waals surface area contributed by atoms with Crippen LogP contribution in [0.4, 0.5) is 11.8 Å². The normalized spacial score (nSPS) is 10.3. The highest BCUT2D eigenvalue weighted by Crippen LogP contribution is 2.12. The predicted molar refractivity (Wildman–Crippen MR) is 68.8 cm³/mol. The largest absolute Gasteiger partial charge is 0.385 e. The van der Waals surface area contributed by atoms with Gasteiger partial charge in [0.15, 0.2) is 0 Å². The monoisotopic (exact) mass is 239 g/mol. The van der Waals surface area contributed by atoms with Crippen molar-refractivity contribution in [2.24, 2.45) is 5.84 Å². The van der Waals surface area contributed by atoms with Crippen molar-refractivity contribution >= 4 is 11.8 Å². The van der Waals surface area contributed by atoms with E-state index in [4.69, 9.17) is 10.6 Å². The van der Waals surface area contributed by atoms with E-state index in [0.29, 0.717) is 5.95 Å². The van der Waals surface area contributed by atoms with Gasteiger partial charge in [0.05, 0.1) is 0 Å². The third-order valence-corrected chi connectivity index (χ3v) is 2.42. The van der Waals surface area contributed by atoms with Crippen LogP contribution >= 0.6 is 0 Å². The average Bonchev–Trinajstić information content (AvgIpc) is 2.35. The minimum absolute atomic E-state index is 0.428. The molecule has 1 rings (SSSR count). The molecule has 0 aliphatic carbocycles. The van der Waals surface area contributed by atoms with Crippen molar-refractivity contribution in [1.82, 2.24) is 9.97 Å². The summed E-state index contributed by atoms with van der Waals surface area (Å²) in [5.41, 5.74) is 3.45. The van der Waals surface area contributed by atoms with Crippen molar-refractivity contribution in [1.29, 1.82) is 0 Å². The Kier molecular flexibility index (Phi) is 6.27. The Morgan fingerprint density at radius 2 is 2.18 bits per heavy atom. The van der Waals surface area contributed by atoms with E-state index in [1.54, 1.807) is 13.3 Å². The molecule has 0 unspecified atom stereocenters. The number of nitrogens with two attached hydrogens (primary N) is 1. The zero-order valence-electron chi connectivity index (χ0n) is 10.5. The maximum absolute atomic E-state index is 5.26. The van der Waals surface area contributed by atoms with Gasteiger partial charge in [-0.3, -0.25) is 5.43 Å². The quantitative estimate of drug-likeness (QED) is 0.360. The van der Waals surface area contributed by atoms with E-state index in [-0.39, 0.29) is 0 Å². The lowest BCUT2D eigenvalue weighted by molar-refractivity contribution is 0.192. The van der Waals surface area contributed by atoms with E-state index in [9.17, 15) is 0 Å². The summed E-state index contributed by atoms with van der Waals surface area (Å²) in [5.74, 6) is 6.52. The number of hydrogen-bond acceptors (Lipinski definition) is 6. The van der Waals surface area contributed by atoms with Gasteiger partial charge >= 0.3 is 0 Å². The first-order valence-corrected chi connectivity index (χ1v) is 5.81. The standard InChI is InChI=1S/C11H21N5O/c1-9-8-14-11(16-12)15-10(9)13-6-4-3-5-7-17-2/h8H,3-7,12H2,1-2H3,(H2,13,14,15,16). The molecule has 1 aromatic heterocycles. The smallest absolute Gasteiger partial charge is 0.239 e. The molecule has 0 aromatic carbocycles. The number of rotatable bonds is 8. The van der Waals surface area contributed by atoms with Crippen molar-refractivity contribution in [2.75, 3.05) is 31.0 Å². The summed E-state index contributed by atoms with van der Waals surface area (Å²) < 4.78 is 4.99. The summed E-state index contributed by atoms with van der Waals surface area (Å²) in [6.07, 6.45) is 5.08. The maximum Gasteiger partial charge on any atom is 0.239 e. The molecule has 1 heterocycles. The Morgan fingerprint density at radius 1 is 1.35 bits per heavy atom. The third-order valence-electron chi connectivity index (χ3n) is 2.42. The molecule has 0 aliphatic rings. The zero-order valence-corrected chi connectivity index (χ0v) is 10.5. The number of hydrazine groups is 1. The minimum Gasteiger partial charge on any atom is -0.385 e. The van der Waals surface area contributed by atoms with E-state index >= 15 is 0 Å². The first kappa shape index (κ1) is 13.7. The van der Waals surface area contributed by atoms with Crippen molar-refractivity contribution in [3.63, 3.8) is 0 Å². The molecule has 17 heavy (non-hydrogen) atoms. The highest BCUT2D eigenvalue weighted by atomic mass is 16.5. The highest BCUT2D eigenvalue weighted by molar-refractivity contribution is 5.45. The van der Waals surface area contributed by atoms with Gasteiger partial charge in [-0.2, -0.15) is 4.98 Å². The molecule has 0 spiro atoms. The van der Waals surface area contributed by atoms with Crippen molar-refractivity contribution in [2.45, 2.75) is 26.2 Å². The number of methoxy groups -OCH3 is 1. The maximum atomic E-state index is 5.26. The van der Waals surface area contributed by atoms with Gasteiger partial charge < -0.3 is 10.1 Å². The molecule has 6 heteroatoms. The lowest BCUT2D eigenvalue weighted by atomic mass is 10.2. The number of anilines is 2. The summed E-state index contributed by atoms with van der Waals surface area (Å²) in [6.45, 7) is 3.69. The second kappa shape index (κ2) is 7.81. The van der Waals surface area contributed by atoms with Gasteiger partial charge in [0.25, 0.3) is 0 Å². The Bertz CT molecular complexity index is 332. The van der Waals surface area contributed by atoms with Crippen LogP contribution < -0.4 is 16.6 Å². The van der Waals surface area contributed by atoms with E-state index < -0.39 is 0 Å². The summed E-state index contributed by atoms with van der Waals surface area (Å²) in [6, 6.07) is 0. The van der Waals surface area contributed by atoms with Gasteiger partial charge in [0.1, 0.15) is 5.82 Å². The van der Waals surface area contributed by atoms with Crippen LogP contribution in [0.5, 0.6) is 0 Å². The summed E-state index contributed by atoms with van der Waals surface area (Å²) in [7, 11) is 1.73. The van der Waals surface area contributed by atoms with Crippen LogP contribution in [-0.2, 0) is 4.74 Å². The topological polar surface area (TPSA) is 85.1 Å². The lowest BCUT2D eigenvalue weighted by Crippen LogP contribution is -2.13. The van der Waals surface area contributed by atoms with Gasteiger partial charge in [-0.15, -0.1) is 0 Å². The van der Waals surface area contributed by atoms with Crippen molar-refractivity contribution < 1.29 is 4.74 Å². The van der Waals surface area contributed by atoms with E-state index in [1.165, 1.54) is 0 Å². The molecule has 4 N–H and O–H groups in total. The molecule has 0 bridgehead atoms. The Balaban J connectivity index is 2.30. The van der Waals surface area contributed by atoms with Gasteiger partial charge in [-0.05, 0) is 26.2 Å². The number of nitrogens with zero attached hydrogens (tertiary/aromatic N) is 2. The number of hydrogen-bond donors (Lipinski definition) is 3. The van der Waals surface area contributed by atoms with E-state index in [1.807, 2.05) is 6.92 Å². The molecule has 1 aromatic rings. The van der Waals surface area contributed by atoms with Crippen LogP contribution in [-0.4, -0.2) is 30.2 Å². The third kappa shape index (κ3) is 4.97. The first-order chi connectivity index (χ1) is 8.27. The summed E-state index contributed by atoms with van der Waals surface area (Å²) >= 11 is 0. The molecule has 6 nitrogen and oxygen atoms in total. The molecule has 0 amide bonds. The number of nitrogen functional groups attached to an aromatic ring is 1. The molecule has 0 atom stereocenters. The van der Waals surface area contributed by atoms with Crippen LogP contribution in [0.2, 0.25) is 0 Å². The van der Waals surface area contributed by atoms with Crippen LogP contribution in [0.1, 0.15) is 24.8 Å². The molecule has 0 radical (unpaired) electrons. The molecule has 0 saturated carbocycles. The van der Waals surface area contributed by atoms with Crippen molar-refractivity contribution in [3.05, 3.63) is 11.8 Å². The number of nitrogens with one attached hydrogen (secondary N) is 2. The predicted octanol–water partition coefficient (Wildman–Crippen LogP) is 1.30.